The molecule has 1 N–H and O–H groups in total. The van der Waals surface area contributed by atoms with Gasteiger partial charge in [-0.2, -0.15) is 0 Å². The summed E-state index contributed by atoms with van der Waals surface area (Å²) in [7, 11) is 0. The zero-order valence-electron chi connectivity index (χ0n) is 13.1. The lowest BCUT2D eigenvalue weighted by molar-refractivity contribution is -0.133. The van der Waals surface area contributed by atoms with Crippen LogP contribution in [0.4, 0.5) is 0 Å². The maximum Gasteiger partial charge on any atom is 0.241 e. The predicted molar refractivity (Wildman–Crippen MR) is 78.7 cm³/mol. The first-order chi connectivity index (χ1) is 8.97. The lowest BCUT2D eigenvalue weighted by Crippen LogP contribution is -2.46. The summed E-state index contributed by atoms with van der Waals surface area (Å²) in [4.78, 5) is 14.9. The minimum Gasteiger partial charge on any atom is -0.323 e. The number of rotatable bonds is 4. The molecule has 0 spiro atoms. The Labute approximate surface area is 118 Å². The van der Waals surface area contributed by atoms with Crippen LogP contribution in [0.15, 0.2) is 0 Å². The Balaban J connectivity index is 2.17. The van der Waals surface area contributed by atoms with E-state index in [0.29, 0.717) is 23.8 Å². The van der Waals surface area contributed by atoms with E-state index in [-0.39, 0.29) is 12.2 Å². The first kappa shape index (κ1) is 14.8. The van der Waals surface area contributed by atoms with E-state index in [9.17, 15) is 4.79 Å². The van der Waals surface area contributed by atoms with Gasteiger partial charge in [-0.05, 0) is 37.0 Å². The Morgan fingerprint density at radius 3 is 2.47 bits per heavy atom. The van der Waals surface area contributed by atoms with Gasteiger partial charge >= 0.3 is 0 Å². The molecule has 0 aromatic rings. The van der Waals surface area contributed by atoms with Crippen molar-refractivity contribution < 1.29 is 4.79 Å². The molecule has 0 aromatic heterocycles. The number of nitrogens with one attached hydrogen (secondary N) is 1. The van der Waals surface area contributed by atoms with Crippen molar-refractivity contribution in [2.75, 3.05) is 0 Å². The third-order valence-corrected chi connectivity index (χ3v) is 5.24. The first-order valence-electron chi connectivity index (χ1n) is 8.05. The Morgan fingerprint density at radius 2 is 2.00 bits per heavy atom. The van der Waals surface area contributed by atoms with Crippen LogP contribution in [0.25, 0.3) is 0 Å². The normalized spacial score (nSPS) is 39.6. The largest absolute Gasteiger partial charge is 0.323 e. The van der Waals surface area contributed by atoms with E-state index in [4.69, 9.17) is 0 Å². The SMILES string of the molecule is CCCC1NC(C(C)C)C(=O)N1C1CCC(C)C1C. The number of carbonyl (C=O) groups is 1. The average Bonchev–Trinajstić information content (AvgIpc) is 2.83. The third-order valence-electron chi connectivity index (χ3n) is 5.24. The zero-order chi connectivity index (χ0) is 14.2. The smallest absolute Gasteiger partial charge is 0.241 e. The topological polar surface area (TPSA) is 32.3 Å². The van der Waals surface area contributed by atoms with Crippen LogP contribution in [0.3, 0.4) is 0 Å². The molecule has 1 amide bonds. The van der Waals surface area contributed by atoms with Gasteiger partial charge in [0, 0.05) is 6.04 Å². The number of amides is 1. The maximum atomic E-state index is 12.7. The molecule has 2 fully saturated rings. The molecular weight excluding hydrogens is 236 g/mol. The number of hydrogen-bond acceptors (Lipinski definition) is 2. The molecule has 1 aliphatic heterocycles. The highest BCUT2D eigenvalue weighted by atomic mass is 16.2. The number of carbonyl (C=O) groups excluding carboxylic acids is 1. The molecule has 1 aliphatic carbocycles. The zero-order valence-corrected chi connectivity index (χ0v) is 13.1. The van der Waals surface area contributed by atoms with Crippen LogP contribution in [0.2, 0.25) is 0 Å². The van der Waals surface area contributed by atoms with E-state index >= 15 is 0 Å². The van der Waals surface area contributed by atoms with E-state index in [0.717, 1.165) is 18.8 Å². The van der Waals surface area contributed by atoms with Crippen LogP contribution in [0.5, 0.6) is 0 Å². The molecule has 19 heavy (non-hydrogen) atoms. The molecule has 1 saturated heterocycles. The van der Waals surface area contributed by atoms with Crippen molar-refractivity contribution in [2.45, 2.75) is 78.6 Å². The van der Waals surface area contributed by atoms with Gasteiger partial charge in [-0.1, -0.05) is 41.0 Å². The van der Waals surface area contributed by atoms with Gasteiger partial charge in [-0.25, -0.2) is 0 Å². The molecule has 1 saturated carbocycles. The van der Waals surface area contributed by atoms with Crippen molar-refractivity contribution in [3.8, 4) is 0 Å². The van der Waals surface area contributed by atoms with Crippen LogP contribution in [-0.4, -0.2) is 29.1 Å². The third kappa shape index (κ3) is 2.67. The van der Waals surface area contributed by atoms with E-state index in [1.165, 1.54) is 12.8 Å². The second-order valence-electron chi connectivity index (χ2n) is 6.92. The highest BCUT2D eigenvalue weighted by molar-refractivity contribution is 5.85. The standard InChI is InChI=1S/C16H30N2O/c1-6-7-14-17-15(10(2)3)16(19)18(14)13-9-8-11(4)12(13)5/h10-15,17H,6-9H2,1-5H3. The quantitative estimate of drug-likeness (QED) is 0.848. The molecule has 110 valence electrons. The molecule has 0 aromatic carbocycles. The minimum atomic E-state index is 0.0275. The predicted octanol–water partition coefficient (Wildman–Crippen LogP) is 3.00. The number of hydrogen-bond donors (Lipinski definition) is 1. The summed E-state index contributed by atoms with van der Waals surface area (Å²) in [6, 6.07) is 0.481. The summed E-state index contributed by atoms with van der Waals surface area (Å²) in [6.07, 6.45) is 4.92. The van der Waals surface area contributed by atoms with Gasteiger partial charge in [-0.3, -0.25) is 10.1 Å². The lowest BCUT2D eigenvalue weighted by Gasteiger charge is -2.33. The molecule has 3 nitrogen and oxygen atoms in total. The fourth-order valence-electron chi connectivity index (χ4n) is 3.77. The molecule has 1 heterocycles. The van der Waals surface area contributed by atoms with Crippen LogP contribution in [-0.2, 0) is 4.79 Å². The van der Waals surface area contributed by atoms with Crippen molar-refractivity contribution in [1.82, 2.24) is 10.2 Å². The fourth-order valence-corrected chi connectivity index (χ4v) is 3.77. The summed E-state index contributed by atoms with van der Waals surface area (Å²) >= 11 is 0. The van der Waals surface area contributed by atoms with E-state index in [2.05, 4.69) is 44.8 Å². The highest BCUT2D eigenvalue weighted by Gasteiger charge is 2.46. The van der Waals surface area contributed by atoms with Gasteiger partial charge in [0.15, 0.2) is 0 Å². The highest BCUT2D eigenvalue weighted by Crippen LogP contribution is 2.38. The molecule has 3 heteroatoms. The Bertz CT molecular complexity index is 329. The molecular formula is C16H30N2O. The van der Waals surface area contributed by atoms with Gasteiger partial charge in [0.2, 0.25) is 5.91 Å². The Hall–Kier alpha value is -0.570. The summed E-state index contributed by atoms with van der Waals surface area (Å²) in [5.41, 5.74) is 0. The summed E-state index contributed by atoms with van der Waals surface area (Å²) in [5.74, 6) is 2.11. The minimum absolute atomic E-state index is 0.0275. The van der Waals surface area contributed by atoms with Gasteiger partial charge in [0.1, 0.15) is 0 Å². The van der Waals surface area contributed by atoms with Crippen LogP contribution >= 0.6 is 0 Å². The van der Waals surface area contributed by atoms with Crippen molar-refractivity contribution in [2.24, 2.45) is 17.8 Å². The average molecular weight is 266 g/mol. The monoisotopic (exact) mass is 266 g/mol. The Kier molecular flexibility index (Phi) is 4.54. The van der Waals surface area contributed by atoms with Crippen LogP contribution < -0.4 is 5.32 Å². The second kappa shape index (κ2) is 5.82. The number of nitrogens with zero attached hydrogens (tertiary/aromatic N) is 1. The van der Waals surface area contributed by atoms with Gasteiger partial charge in [-0.15, -0.1) is 0 Å². The molecule has 5 unspecified atom stereocenters. The molecule has 2 rings (SSSR count). The van der Waals surface area contributed by atoms with Crippen LogP contribution in [0, 0.1) is 17.8 Å². The van der Waals surface area contributed by atoms with Crippen molar-refractivity contribution in [1.29, 1.82) is 0 Å². The van der Waals surface area contributed by atoms with E-state index in [1.54, 1.807) is 0 Å². The maximum absolute atomic E-state index is 12.7. The second-order valence-corrected chi connectivity index (χ2v) is 6.92. The summed E-state index contributed by atoms with van der Waals surface area (Å²) in [6.45, 7) is 11.1. The molecule has 0 radical (unpaired) electrons. The van der Waals surface area contributed by atoms with Crippen molar-refractivity contribution in [3.63, 3.8) is 0 Å². The van der Waals surface area contributed by atoms with Gasteiger partial charge < -0.3 is 4.90 Å². The van der Waals surface area contributed by atoms with E-state index < -0.39 is 0 Å². The van der Waals surface area contributed by atoms with Gasteiger partial charge in [0.25, 0.3) is 0 Å². The summed E-state index contributed by atoms with van der Waals surface area (Å²) < 4.78 is 0. The van der Waals surface area contributed by atoms with E-state index in [1.807, 2.05) is 0 Å². The van der Waals surface area contributed by atoms with Crippen molar-refractivity contribution >= 4 is 5.91 Å². The molecule has 0 bridgehead atoms. The fraction of sp³-hybridized carbons (Fsp3) is 0.938. The van der Waals surface area contributed by atoms with Gasteiger partial charge in [0.05, 0.1) is 12.2 Å². The van der Waals surface area contributed by atoms with Crippen LogP contribution in [0.1, 0.15) is 60.3 Å². The molecule has 2 aliphatic rings. The summed E-state index contributed by atoms with van der Waals surface area (Å²) in [5, 5.41) is 3.58. The molecule has 5 atom stereocenters. The lowest BCUT2D eigenvalue weighted by atomic mass is 9.96. The van der Waals surface area contributed by atoms with Crippen molar-refractivity contribution in [3.05, 3.63) is 0 Å². The Morgan fingerprint density at radius 1 is 1.32 bits per heavy atom. The first-order valence-corrected chi connectivity index (χ1v) is 8.05.